The Hall–Kier alpha value is -1.18. The number of nitrogens with zero attached hydrogens (tertiary/aromatic N) is 1. The molecule has 0 fully saturated rings. The summed E-state index contributed by atoms with van der Waals surface area (Å²) in [4.78, 5) is 0. The summed E-state index contributed by atoms with van der Waals surface area (Å²) in [6.45, 7) is 3.64. The summed E-state index contributed by atoms with van der Waals surface area (Å²) < 4.78 is 45.3. The molecule has 0 spiro atoms. The number of hydrogen-bond donors (Lipinski definition) is 1. The van der Waals surface area contributed by atoms with Crippen molar-refractivity contribution in [3.05, 3.63) is 29.6 Å². The normalized spacial score (nSPS) is 12.2. The van der Waals surface area contributed by atoms with Crippen LogP contribution in [0.15, 0.2) is 18.2 Å². The molecule has 5 nitrogen and oxygen atoms in total. The number of rotatable bonds is 6. The smallest absolute Gasteiger partial charge is 0.279 e. The summed E-state index contributed by atoms with van der Waals surface area (Å²) in [6.07, 6.45) is -0.118. The van der Waals surface area contributed by atoms with Crippen LogP contribution in [0.1, 0.15) is 19.4 Å². The summed E-state index contributed by atoms with van der Waals surface area (Å²) in [5.41, 5.74) is 0.527. The number of benzene rings is 1. The Morgan fingerprint density at radius 2 is 2.00 bits per heavy atom. The molecular weight excluding hydrogens is 271 g/mol. The number of hydrogen-bond acceptors (Lipinski definition) is 3. The van der Waals surface area contributed by atoms with Gasteiger partial charge in [-0.3, -0.25) is 0 Å². The SMILES string of the molecule is CC(C)Oc1ccc(CNS(=O)(=O)N(C)C)cc1F. The molecule has 7 heteroatoms. The van der Waals surface area contributed by atoms with Gasteiger partial charge in [-0.15, -0.1) is 0 Å². The van der Waals surface area contributed by atoms with Crippen molar-refractivity contribution in [3.63, 3.8) is 0 Å². The number of nitrogens with one attached hydrogen (secondary N) is 1. The van der Waals surface area contributed by atoms with Crippen LogP contribution < -0.4 is 9.46 Å². The van der Waals surface area contributed by atoms with Gasteiger partial charge in [0.2, 0.25) is 0 Å². The highest BCUT2D eigenvalue weighted by atomic mass is 32.2. The van der Waals surface area contributed by atoms with E-state index in [2.05, 4.69) is 4.72 Å². The Kier molecular flexibility index (Phi) is 5.28. The molecule has 0 aliphatic rings. The molecule has 0 saturated carbocycles. The number of halogens is 1. The van der Waals surface area contributed by atoms with Gasteiger partial charge in [0.1, 0.15) is 0 Å². The summed E-state index contributed by atoms with van der Waals surface area (Å²) in [6, 6.07) is 4.38. The van der Waals surface area contributed by atoms with E-state index in [9.17, 15) is 12.8 Å². The van der Waals surface area contributed by atoms with Gasteiger partial charge in [0.05, 0.1) is 6.10 Å². The molecule has 108 valence electrons. The van der Waals surface area contributed by atoms with Crippen LogP contribution in [-0.2, 0) is 16.8 Å². The maximum atomic E-state index is 13.7. The van der Waals surface area contributed by atoms with Gasteiger partial charge in [-0.1, -0.05) is 6.07 Å². The Morgan fingerprint density at radius 1 is 1.37 bits per heavy atom. The molecule has 0 aromatic heterocycles. The zero-order valence-electron chi connectivity index (χ0n) is 11.5. The topological polar surface area (TPSA) is 58.6 Å². The van der Waals surface area contributed by atoms with E-state index >= 15 is 0 Å². The van der Waals surface area contributed by atoms with Crippen molar-refractivity contribution in [3.8, 4) is 5.75 Å². The highest BCUT2D eigenvalue weighted by Gasteiger charge is 2.13. The minimum atomic E-state index is -3.51. The highest BCUT2D eigenvalue weighted by Crippen LogP contribution is 2.19. The second kappa shape index (κ2) is 6.31. The quantitative estimate of drug-likeness (QED) is 0.864. The van der Waals surface area contributed by atoms with Gasteiger partial charge in [-0.2, -0.15) is 17.4 Å². The maximum Gasteiger partial charge on any atom is 0.279 e. The molecule has 0 atom stereocenters. The van der Waals surface area contributed by atoms with Gasteiger partial charge >= 0.3 is 0 Å². The van der Waals surface area contributed by atoms with E-state index in [0.717, 1.165) is 4.31 Å². The average Bonchev–Trinajstić information content (AvgIpc) is 2.29. The van der Waals surface area contributed by atoms with Crippen LogP contribution in [0, 0.1) is 5.82 Å². The highest BCUT2D eigenvalue weighted by molar-refractivity contribution is 7.87. The fraction of sp³-hybridized carbons (Fsp3) is 0.500. The van der Waals surface area contributed by atoms with Crippen molar-refractivity contribution in [2.45, 2.75) is 26.5 Å². The van der Waals surface area contributed by atoms with Gasteiger partial charge in [0.25, 0.3) is 10.2 Å². The first-order valence-electron chi connectivity index (χ1n) is 5.84. The first kappa shape index (κ1) is 15.9. The predicted molar refractivity (Wildman–Crippen MR) is 71.6 cm³/mol. The maximum absolute atomic E-state index is 13.7. The Labute approximate surface area is 113 Å². The lowest BCUT2D eigenvalue weighted by atomic mass is 10.2. The minimum Gasteiger partial charge on any atom is -0.488 e. The molecule has 1 N–H and O–H groups in total. The van der Waals surface area contributed by atoms with E-state index in [1.165, 1.54) is 26.2 Å². The van der Waals surface area contributed by atoms with E-state index in [1.54, 1.807) is 19.9 Å². The molecule has 0 unspecified atom stereocenters. The second-order valence-electron chi connectivity index (χ2n) is 4.54. The van der Waals surface area contributed by atoms with Crippen molar-refractivity contribution in [2.75, 3.05) is 14.1 Å². The first-order chi connectivity index (χ1) is 8.72. The molecular formula is C12H19FN2O3S. The lowest BCUT2D eigenvalue weighted by molar-refractivity contribution is 0.231. The molecule has 0 saturated heterocycles. The van der Waals surface area contributed by atoms with Crippen molar-refractivity contribution >= 4 is 10.2 Å². The molecule has 1 aromatic carbocycles. The van der Waals surface area contributed by atoms with Gasteiger partial charge in [-0.05, 0) is 31.5 Å². The van der Waals surface area contributed by atoms with Crippen LogP contribution in [0.4, 0.5) is 4.39 Å². The molecule has 0 aliphatic heterocycles. The van der Waals surface area contributed by atoms with Crippen LogP contribution in [0.3, 0.4) is 0 Å². The molecule has 1 aromatic rings. The molecule has 1 rings (SSSR count). The molecule has 0 radical (unpaired) electrons. The van der Waals surface area contributed by atoms with Crippen LogP contribution in [-0.4, -0.2) is 32.9 Å². The fourth-order valence-corrected chi connectivity index (χ4v) is 1.91. The summed E-state index contributed by atoms with van der Waals surface area (Å²) in [5.74, 6) is -0.343. The monoisotopic (exact) mass is 290 g/mol. The lowest BCUT2D eigenvalue weighted by Crippen LogP contribution is -2.35. The molecule has 19 heavy (non-hydrogen) atoms. The third-order valence-electron chi connectivity index (χ3n) is 2.30. The van der Waals surface area contributed by atoms with Gasteiger partial charge in [-0.25, -0.2) is 4.39 Å². The molecule has 0 aliphatic carbocycles. The second-order valence-corrected chi connectivity index (χ2v) is 6.51. The summed E-state index contributed by atoms with van der Waals surface area (Å²) in [7, 11) is -0.670. The van der Waals surface area contributed by atoms with Crippen molar-refractivity contribution in [2.24, 2.45) is 0 Å². The zero-order valence-corrected chi connectivity index (χ0v) is 12.3. The van der Waals surface area contributed by atoms with E-state index in [1.807, 2.05) is 0 Å². The van der Waals surface area contributed by atoms with Gasteiger partial charge in [0, 0.05) is 20.6 Å². The third kappa shape index (κ3) is 4.77. The Balaban J connectivity index is 2.74. The Morgan fingerprint density at radius 3 is 2.47 bits per heavy atom. The Bertz CT molecular complexity index is 530. The number of ether oxygens (including phenoxy) is 1. The predicted octanol–water partition coefficient (Wildman–Crippen LogP) is 1.51. The average molecular weight is 290 g/mol. The van der Waals surface area contributed by atoms with Gasteiger partial charge < -0.3 is 4.74 Å². The van der Waals surface area contributed by atoms with Crippen molar-refractivity contribution in [1.82, 2.24) is 9.03 Å². The largest absolute Gasteiger partial charge is 0.488 e. The third-order valence-corrected chi connectivity index (χ3v) is 3.77. The van der Waals surface area contributed by atoms with Crippen LogP contribution in [0.25, 0.3) is 0 Å². The van der Waals surface area contributed by atoms with Crippen molar-refractivity contribution in [1.29, 1.82) is 0 Å². The van der Waals surface area contributed by atoms with Crippen LogP contribution in [0.5, 0.6) is 5.75 Å². The van der Waals surface area contributed by atoms with E-state index in [4.69, 9.17) is 4.74 Å². The standard InChI is InChI=1S/C12H19FN2O3S/c1-9(2)18-12-6-5-10(7-11(12)13)8-14-19(16,17)15(3)4/h5-7,9,14H,8H2,1-4H3. The minimum absolute atomic E-state index is 0.0272. The van der Waals surface area contributed by atoms with E-state index in [-0.39, 0.29) is 18.4 Å². The zero-order chi connectivity index (χ0) is 14.6. The van der Waals surface area contributed by atoms with E-state index < -0.39 is 16.0 Å². The van der Waals surface area contributed by atoms with Crippen LogP contribution >= 0.6 is 0 Å². The first-order valence-corrected chi connectivity index (χ1v) is 7.28. The summed E-state index contributed by atoms with van der Waals surface area (Å²) >= 11 is 0. The van der Waals surface area contributed by atoms with E-state index in [0.29, 0.717) is 5.56 Å². The lowest BCUT2D eigenvalue weighted by Gasteiger charge is -2.14. The van der Waals surface area contributed by atoms with Crippen molar-refractivity contribution < 1.29 is 17.5 Å². The summed E-state index contributed by atoms with van der Waals surface area (Å²) in [5, 5.41) is 0. The van der Waals surface area contributed by atoms with Gasteiger partial charge in [0.15, 0.2) is 11.6 Å². The van der Waals surface area contributed by atoms with Crippen LogP contribution in [0.2, 0.25) is 0 Å². The molecule has 0 bridgehead atoms. The molecule has 0 heterocycles. The fourth-order valence-electron chi connectivity index (χ4n) is 1.31. The molecule has 0 amide bonds.